The molecule has 2 atom stereocenters. The summed E-state index contributed by atoms with van der Waals surface area (Å²) in [7, 11) is 0. The van der Waals surface area contributed by atoms with Crippen molar-refractivity contribution >= 4 is 5.84 Å². The molecule has 0 amide bonds. The number of nitrogens with two attached hydrogens (primary N) is 1. The van der Waals surface area contributed by atoms with E-state index in [0.29, 0.717) is 29.6 Å². The normalized spacial score (nSPS) is 24.4. The van der Waals surface area contributed by atoms with Gasteiger partial charge in [-0.15, -0.1) is 0 Å². The van der Waals surface area contributed by atoms with Gasteiger partial charge in [0, 0.05) is 23.7 Å². The Morgan fingerprint density at radius 3 is 2.84 bits per heavy atom. The van der Waals surface area contributed by atoms with Crippen molar-refractivity contribution in [1.82, 2.24) is 4.90 Å². The predicted molar refractivity (Wildman–Crippen MR) is 75.7 cm³/mol. The van der Waals surface area contributed by atoms with Crippen LogP contribution in [-0.2, 0) is 6.54 Å². The highest BCUT2D eigenvalue weighted by Crippen LogP contribution is 2.25. The second-order valence-electron chi connectivity index (χ2n) is 5.55. The Morgan fingerprint density at radius 1 is 1.47 bits per heavy atom. The Kier molecular flexibility index (Phi) is 4.20. The third-order valence-electron chi connectivity index (χ3n) is 4.24. The van der Waals surface area contributed by atoms with Gasteiger partial charge in [-0.1, -0.05) is 19.1 Å². The van der Waals surface area contributed by atoms with E-state index in [0.717, 1.165) is 6.54 Å². The number of amidine groups is 1. The lowest BCUT2D eigenvalue weighted by atomic mass is 9.91. The van der Waals surface area contributed by atoms with Gasteiger partial charge in [0.15, 0.2) is 0 Å². The van der Waals surface area contributed by atoms with E-state index in [1.54, 1.807) is 12.1 Å². The highest BCUT2D eigenvalue weighted by molar-refractivity contribution is 5.94. The molecule has 104 valence electrons. The van der Waals surface area contributed by atoms with Crippen LogP contribution in [0, 0.1) is 17.1 Å². The topological polar surface area (TPSA) is 53.1 Å². The number of nitrogens with one attached hydrogen (secondary N) is 1. The molecule has 1 aromatic rings. The smallest absolute Gasteiger partial charge is 0.128 e. The largest absolute Gasteiger partial charge is 0.384 e. The highest BCUT2D eigenvalue weighted by Gasteiger charge is 2.25. The van der Waals surface area contributed by atoms with Crippen molar-refractivity contribution in [3.63, 3.8) is 0 Å². The summed E-state index contributed by atoms with van der Waals surface area (Å²) in [5.74, 6) is 0.303. The molecule has 4 heteroatoms. The van der Waals surface area contributed by atoms with Gasteiger partial charge in [-0.25, -0.2) is 4.39 Å². The second kappa shape index (κ2) is 5.70. The Morgan fingerprint density at radius 2 is 2.21 bits per heavy atom. The fraction of sp³-hybridized carbons (Fsp3) is 0.533. The van der Waals surface area contributed by atoms with Crippen molar-refractivity contribution in [2.24, 2.45) is 11.7 Å². The summed E-state index contributed by atoms with van der Waals surface area (Å²) in [6.07, 6.45) is 2.43. The lowest BCUT2D eigenvalue weighted by Gasteiger charge is -2.38. The van der Waals surface area contributed by atoms with E-state index in [2.05, 4.69) is 18.7 Å². The summed E-state index contributed by atoms with van der Waals surface area (Å²) in [4.78, 5) is 2.33. The van der Waals surface area contributed by atoms with Crippen LogP contribution in [0.25, 0.3) is 0 Å². The number of halogens is 1. The number of hydrogen-bond acceptors (Lipinski definition) is 2. The average molecular weight is 263 g/mol. The van der Waals surface area contributed by atoms with Crippen LogP contribution in [0.1, 0.15) is 37.8 Å². The van der Waals surface area contributed by atoms with Crippen molar-refractivity contribution in [2.75, 3.05) is 6.54 Å². The second-order valence-corrected chi connectivity index (χ2v) is 5.55. The quantitative estimate of drug-likeness (QED) is 0.651. The van der Waals surface area contributed by atoms with Crippen LogP contribution in [-0.4, -0.2) is 23.3 Å². The van der Waals surface area contributed by atoms with Gasteiger partial charge in [0.05, 0.1) is 0 Å². The molecule has 3 nitrogen and oxygen atoms in total. The van der Waals surface area contributed by atoms with E-state index in [-0.39, 0.29) is 11.7 Å². The molecule has 2 rings (SSSR count). The Bertz CT molecular complexity index is 472. The molecule has 1 aliphatic heterocycles. The molecule has 0 spiro atoms. The van der Waals surface area contributed by atoms with Gasteiger partial charge in [0.25, 0.3) is 0 Å². The molecule has 1 fully saturated rings. The molecule has 0 aliphatic carbocycles. The predicted octanol–water partition coefficient (Wildman–Crippen LogP) is 2.73. The minimum absolute atomic E-state index is 0.0922. The Labute approximate surface area is 114 Å². The number of hydrogen-bond donors (Lipinski definition) is 2. The SMILES string of the molecule is CC1CCCN(Cc2ccc(C(=N)N)cc2F)C1C. The van der Waals surface area contributed by atoms with Crippen LogP contribution in [0.3, 0.4) is 0 Å². The van der Waals surface area contributed by atoms with E-state index >= 15 is 0 Å². The lowest BCUT2D eigenvalue weighted by molar-refractivity contribution is 0.105. The first-order valence-electron chi connectivity index (χ1n) is 6.86. The molecule has 0 radical (unpaired) electrons. The Balaban J connectivity index is 2.12. The standard InChI is InChI=1S/C15H22FN3/c1-10-4-3-7-19(11(10)2)9-13-6-5-12(15(17)18)8-14(13)16/h5-6,8,10-11H,3-4,7,9H2,1-2H3,(H3,17,18). The molecule has 0 aromatic heterocycles. The van der Waals surface area contributed by atoms with Crippen LogP contribution >= 0.6 is 0 Å². The van der Waals surface area contributed by atoms with Crippen LogP contribution in [0.5, 0.6) is 0 Å². The van der Waals surface area contributed by atoms with Crippen LogP contribution in [0.4, 0.5) is 4.39 Å². The van der Waals surface area contributed by atoms with Gasteiger partial charge < -0.3 is 5.73 Å². The monoisotopic (exact) mass is 263 g/mol. The van der Waals surface area contributed by atoms with Gasteiger partial charge in [-0.3, -0.25) is 10.3 Å². The minimum Gasteiger partial charge on any atom is -0.384 e. The maximum Gasteiger partial charge on any atom is 0.128 e. The number of rotatable bonds is 3. The summed E-state index contributed by atoms with van der Waals surface area (Å²) in [6.45, 7) is 6.13. The van der Waals surface area contributed by atoms with Crippen LogP contribution < -0.4 is 5.73 Å². The first kappa shape index (κ1) is 14.0. The molecule has 19 heavy (non-hydrogen) atoms. The summed E-state index contributed by atoms with van der Waals surface area (Å²) in [5.41, 5.74) is 6.50. The number of nitrogen functional groups attached to an aromatic ring is 1. The van der Waals surface area contributed by atoms with E-state index in [9.17, 15) is 4.39 Å². The van der Waals surface area contributed by atoms with Crippen molar-refractivity contribution in [3.8, 4) is 0 Å². The zero-order chi connectivity index (χ0) is 14.0. The van der Waals surface area contributed by atoms with E-state index in [4.69, 9.17) is 11.1 Å². The van der Waals surface area contributed by atoms with Crippen LogP contribution in [0.15, 0.2) is 18.2 Å². The van der Waals surface area contributed by atoms with Gasteiger partial charge in [-0.2, -0.15) is 0 Å². The Hall–Kier alpha value is -1.42. The third-order valence-corrected chi connectivity index (χ3v) is 4.24. The van der Waals surface area contributed by atoms with Crippen molar-refractivity contribution < 1.29 is 4.39 Å². The first-order valence-corrected chi connectivity index (χ1v) is 6.86. The summed E-state index contributed by atoms with van der Waals surface area (Å²) in [5, 5.41) is 7.31. The number of piperidine rings is 1. The van der Waals surface area contributed by atoms with Gasteiger partial charge in [-0.05, 0) is 38.3 Å². The molecular weight excluding hydrogens is 241 g/mol. The van der Waals surface area contributed by atoms with Gasteiger partial charge in [0.2, 0.25) is 0 Å². The van der Waals surface area contributed by atoms with E-state index in [1.165, 1.54) is 18.9 Å². The number of benzene rings is 1. The zero-order valence-corrected chi connectivity index (χ0v) is 11.6. The average Bonchev–Trinajstić information content (AvgIpc) is 2.37. The van der Waals surface area contributed by atoms with Crippen molar-refractivity contribution in [3.05, 3.63) is 35.1 Å². The lowest BCUT2D eigenvalue weighted by Crippen LogP contribution is -2.41. The molecule has 1 saturated heterocycles. The first-order chi connectivity index (χ1) is 8.99. The molecular formula is C15H22FN3. The maximum absolute atomic E-state index is 14.0. The fourth-order valence-corrected chi connectivity index (χ4v) is 2.71. The van der Waals surface area contributed by atoms with E-state index < -0.39 is 0 Å². The molecule has 1 aliphatic rings. The summed E-state index contributed by atoms with van der Waals surface area (Å²) < 4.78 is 14.0. The summed E-state index contributed by atoms with van der Waals surface area (Å²) >= 11 is 0. The van der Waals surface area contributed by atoms with Crippen molar-refractivity contribution in [1.29, 1.82) is 5.41 Å². The van der Waals surface area contributed by atoms with Gasteiger partial charge in [0.1, 0.15) is 11.7 Å². The fourth-order valence-electron chi connectivity index (χ4n) is 2.71. The number of nitrogens with zero attached hydrogens (tertiary/aromatic N) is 1. The zero-order valence-electron chi connectivity index (χ0n) is 11.6. The minimum atomic E-state index is -0.266. The van der Waals surface area contributed by atoms with E-state index in [1.807, 2.05) is 0 Å². The molecule has 0 bridgehead atoms. The van der Waals surface area contributed by atoms with Crippen LogP contribution in [0.2, 0.25) is 0 Å². The number of likely N-dealkylation sites (tertiary alicyclic amines) is 1. The molecule has 3 N–H and O–H groups in total. The molecule has 0 saturated carbocycles. The maximum atomic E-state index is 14.0. The third kappa shape index (κ3) is 3.13. The molecule has 2 unspecified atom stereocenters. The van der Waals surface area contributed by atoms with Crippen molar-refractivity contribution in [2.45, 2.75) is 39.3 Å². The molecule has 1 aromatic carbocycles. The summed E-state index contributed by atoms with van der Waals surface area (Å²) in [6, 6.07) is 5.31. The molecule has 1 heterocycles. The highest BCUT2D eigenvalue weighted by atomic mass is 19.1. The van der Waals surface area contributed by atoms with Gasteiger partial charge >= 0.3 is 0 Å².